The van der Waals surface area contributed by atoms with E-state index < -0.39 is 0 Å². The molecule has 0 saturated heterocycles. The average molecular weight is 231 g/mol. The number of nitrogens with two attached hydrogens (primary N) is 1. The first-order valence-electron chi connectivity index (χ1n) is 7.00. The summed E-state index contributed by atoms with van der Waals surface area (Å²) in [7, 11) is 0. The van der Waals surface area contributed by atoms with Gasteiger partial charge in [-0.3, -0.25) is 0 Å². The standard InChI is InChI=1S/C16H25N/c1-3-4-14-9-11-16(17,12-10-14)15-7-5-13(2)6-8-15/h5-8,14H,3-4,9-12,17H2,1-2H3. The molecule has 94 valence electrons. The highest BCUT2D eigenvalue weighted by molar-refractivity contribution is 5.28. The summed E-state index contributed by atoms with van der Waals surface area (Å²) in [5.41, 5.74) is 9.18. The number of benzene rings is 1. The summed E-state index contributed by atoms with van der Waals surface area (Å²) >= 11 is 0. The number of hydrogen-bond donors (Lipinski definition) is 1. The molecule has 0 heterocycles. The second kappa shape index (κ2) is 5.22. The maximum absolute atomic E-state index is 6.59. The van der Waals surface area contributed by atoms with Crippen molar-refractivity contribution in [1.29, 1.82) is 0 Å². The van der Waals surface area contributed by atoms with E-state index in [0.717, 1.165) is 18.8 Å². The van der Waals surface area contributed by atoms with Gasteiger partial charge in [-0.1, -0.05) is 49.6 Å². The highest BCUT2D eigenvalue weighted by Crippen LogP contribution is 2.39. The van der Waals surface area contributed by atoms with Gasteiger partial charge in [-0.25, -0.2) is 0 Å². The summed E-state index contributed by atoms with van der Waals surface area (Å²) < 4.78 is 0. The predicted octanol–water partition coefficient (Wildman–Crippen LogP) is 4.14. The van der Waals surface area contributed by atoms with Gasteiger partial charge < -0.3 is 5.73 Å². The van der Waals surface area contributed by atoms with Crippen LogP contribution in [0.3, 0.4) is 0 Å². The Labute approximate surface area is 105 Å². The quantitative estimate of drug-likeness (QED) is 0.831. The van der Waals surface area contributed by atoms with E-state index in [1.54, 1.807) is 0 Å². The van der Waals surface area contributed by atoms with E-state index in [1.807, 2.05) is 0 Å². The lowest BCUT2D eigenvalue weighted by Gasteiger charge is -2.37. The van der Waals surface area contributed by atoms with Crippen molar-refractivity contribution < 1.29 is 0 Å². The maximum atomic E-state index is 6.59. The minimum Gasteiger partial charge on any atom is -0.321 e. The van der Waals surface area contributed by atoms with Crippen molar-refractivity contribution in [3.63, 3.8) is 0 Å². The Morgan fingerprint density at radius 1 is 1.18 bits per heavy atom. The van der Waals surface area contributed by atoms with E-state index in [1.165, 1.54) is 36.8 Å². The van der Waals surface area contributed by atoms with Gasteiger partial charge in [-0.2, -0.15) is 0 Å². The SMILES string of the molecule is CCCC1CCC(N)(c2ccc(C)cc2)CC1. The van der Waals surface area contributed by atoms with Crippen LogP contribution in [-0.4, -0.2) is 0 Å². The molecule has 0 unspecified atom stereocenters. The maximum Gasteiger partial charge on any atom is 0.0409 e. The zero-order chi connectivity index (χ0) is 12.3. The summed E-state index contributed by atoms with van der Waals surface area (Å²) in [6.07, 6.45) is 7.61. The molecular formula is C16H25N. The molecular weight excluding hydrogens is 206 g/mol. The van der Waals surface area contributed by atoms with Crippen LogP contribution in [0.2, 0.25) is 0 Å². The predicted molar refractivity (Wildman–Crippen MR) is 73.9 cm³/mol. The van der Waals surface area contributed by atoms with Crippen molar-refractivity contribution in [2.24, 2.45) is 11.7 Å². The van der Waals surface area contributed by atoms with Gasteiger partial charge in [0.15, 0.2) is 0 Å². The Bertz CT molecular complexity index is 344. The van der Waals surface area contributed by atoms with E-state index >= 15 is 0 Å². The fourth-order valence-corrected chi connectivity index (χ4v) is 3.06. The Morgan fingerprint density at radius 3 is 2.29 bits per heavy atom. The molecule has 1 nitrogen and oxygen atoms in total. The van der Waals surface area contributed by atoms with Gasteiger partial charge in [0.1, 0.15) is 0 Å². The van der Waals surface area contributed by atoms with Gasteiger partial charge in [0.2, 0.25) is 0 Å². The zero-order valence-corrected chi connectivity index (χ0v) is 11.2. The van der Waals surface area contributed by atoms with Crippen LogP contribution in [-0.2, 0) is 5.54 Å². The van der Waals surface area contributed by atoms with Crippen LogP contribution in [0.15, 0.2) is 24.3 Å². The molecule has 0 amide bonds. The second-order valence-corrected chi connectivity index (χ2v) is 5.75. The first-order valence-corrected chi connectivity index (χ1v) is 7.00. The van der Waals surface area contributed by atoms with Crippen LogP contribution in [0.1, 0.15) is 56.6 Å². The van der Waals surface area contributed by atoms with Crippen molar-refractivity contribution in [3.05, 3.63) is 35.4 Å². The first-order chi connectivity index (χ1) is 8.14. The Hall–Kier alpha value is -0.820. The lowest BCUT2D eigenvalue weighted by molar-refractivity contribution is 0.226. The molecule has 0 aromatic heterocycles. The van der Waals surface area contributed by atoms with Crippen LogP contribution in [0.5, 0.6) is 0 Å². The van der Waals surface area contributed by atoms with Crippen LogP contribution in [0.25, 0.3) is 0 Å². The Balaban J connectivity index is 2.04. The van der Waals surface area contributed by atoms with Gasteiger partial charge in [-0.15, -0.1) is 0 Å². The van der Waals surface area contributed by atoms with Gasteiger partial charge in [-0.05, 0) is 44.1 Å². The third-order valence-corrected chi connectivity index (χ3v) is 4.32. The molecule has 1 aliphatic carbocycles. The molecule has 1 fully saturated rings. The third-order valence-electron chi connectivity index (χ3n) is 4.32. The smallest absolute Gasteiger partial charge is 0.0409 e. The molecule has 1 aliphatic rings. The van der Waals surface area contributed by atoms with E-state index in [2.05, 4.69) is 38.1 Å². The van der Waals surface area contributed by atoms with Crippen molar-refractivity contribution in [1.82, 2.24) is 0 Å². The molecule has 2 rings (SSSR count). The summed E-state index contributed by atoms with van der Waals surface area (Å²) in [5, 5.41) is 0. The monoisotopic (exact) mass is 231 g/mol. The third kappa shape index (κ3) is 2.90. The highest BCUT2D eigenvalue weighted by Gasteiger charge is 2.32. The fourth-order valence-electron chi connectivity index (χ4n) is 3.06. The summed E-state index contributed by atoms with van der Waals surface area (Å²) in [4.78, 5) is 0. The molecule has 1 saturated carbocycles. The van der Waals surface area contributed by atoms with Gasteiger partial charge >= 0.3 is 0 Å². The molecule has 0 aliphatic heterocycles. The van der Waals surface area contributed by atoms with E-state index in [9.17, 15) is 0 Å². The van der Waals surface area contributed by atoms with E-state index in [4.69, 9.17) is 5.73 Å². The lowest BCUT2D eigenvalue weighted by Crippen LogP contribution is -2.40. The largest absolute Gasteiger partial charge is 0.321 e. The van der Waals surface area contributed by atoms with Crippen molar-refractivity contribution >= 4 is 0 Å². The van der Waals surface area contributed by atoms with Crippen LogP contribution in [0.4, 0.5) is 0 Å². The van der Waals surface area contributed by atoms with E-state index in [0.29, 0.717) is 0 Å². The molecule has 1 heteroatoms. The topological polar surface area (TPSA) is 26.0 Å². The Kier molecular flexibility index (Phi) is 3.88. The second-order valence-electron chi connectivity index (χ2n) is 5.75. The van der Waals surface area contributed by atoms with Gasteiger partial charge in [0, 0.05) is 5.54 Å². The van der Waals surface area contributed by atoms with Gasteiger partial charge in [0.05, 0.1) is 0 Å². The van der Waals surface area contributed by atoms with Crippen LogP contribution in [0, 0.1) is 12.8 Å². The molecule has 0 atom stereocenters. The molecule has 1 aromatic rings. The first kappa shape index (κ1) is 12.6. The summed E-state index contributed by atoms with van der Waals surface area (Å²) in [5.74, 6) is 0.919. The molecule has 1 aromatic carbocycles. The fraction of sp³-hybridized carbons (Fsp3) is 0.625. The van der Waals surface area contributed by atoms with E-state index in [-0.39, 0.29) is 5.54 Å². The minimum atomic E-state index is -0.0576. The molecule has 17 heavy (non-hydrogen) atoms. The van der Waals surface area contributed by atoms with Crippen molar-refractivity contribution in [3.8, 4) is 0 Å². The number of hydrogen-bond acceptors (Lipinski definition) is 1. The normalized spacial score (nSPS) is 29.2. The number of aryl methyl sites for hydroxylation is 1. The van der Waals surface area contributed by atoms with Crippen molar-refractivity contribution in [2.75, 3.05) is 0 Å². The molecule has 0 bridgehead atoms. The molecule has 0 spiro atoms. The average Bonchev–Trinajstić information content (AvgIpc) is 2.33. The molecule has 2 N–H and O–H groups in total. The van der Waals surface area contributed by atoms with Crippen molar-refractivity contribution in [2.45, 2.75) is 57.9 Å². The lowest BCUT2D eigenvalue weighted by atomic mass is 9.72. The summed E-state index contributed by atoms with van der Waals surface area (Å²) in [6.45, 7) is 4.41. The highest BCUT2D eigenvalue weighted by atomic mass is 14.7. The van der Waals surface area contributed by atoms with Crippen LogP contribution < -0.4 is 5.73 Å². The zero-order valence-electron chi connectivity index (χ0n) is 11.2. The van der Waals surface area contributed by atoms with Gasteiger partial charge in [0.25, 0.3) is 0 Å². The Morgan fingerprint density at radius 2 is 1.76 bits per heavy atom. The minimum absolute atomic E-state index is 0.0576. The number of rotatable bonds is 3. The van der Waals surface area contributed by atoms with Crippen LogP contribution >= 0.6 is 0 Å². The summed E-state index contributed by atoms with van der Waals surface area (Å²) in [6, 6.07) is 8.80. The molecule has 0 radical (unpaired) electrons.